The fraction of sp³-hybridized carbons (Fsp3) is 0.333. The Labute approximate surface area is 60.4 Å². The predicted molar refractivity (Wildman–Crippen MR) is 28.2 cm³/mol. The molecule has 1 heterocycles. The van der Waals surface area contributed by atoms with E-state index >= 15 is 0 Å². The van der Waals surface area contributed by atoms with Gasteiger partial charge in [-0.3, -0.25) is 0 Å². The first-order chi connectivity index (χ1) is 5.24. The Hall–Kier alpha value is -1.86. The van der Waals surface area contributed by atoms with Gasteiger partial charge in [0.2, 0.25) is 16.3 Å². The third-order valence-corrected chi connectivity index (χ3v) is 0.817. The van der Waals surface area contributed by atoms with Crippen molar-refractivity contribution in [2.24, 2.45) is 5.11 Å². The zero-order valence-corrected chi connectivity index (χ0v) is 5.50. The van der Waals surface area contributed by atoms with Gasteiger partial charge in [-0.25, -0.2) is 5.21 Å². The zero-order valence-electron chi connectivity index (χ0n) is 5.50. The molecule has 0 saturated carbocycles. The third-order valence-electron chi connectivity index (χ3n) is 0.817. The second-order valence-corrected chi connectivity index (χ2v) is 1.45. The molecule has 0 atom stereocenters. The molecule has 0 bridgehead atoms. The highest BCUT2D eigenvalue weighted by Gasteiger charge is 2.12. The SMILES string of the molecule is CO[N+]([O-])=Nc1cno[n+]1[O-]. The smallest absolute Gasteiger partial charge is 0.390 e. The largest absolute Gasteiger partial charge is 0.411 e. The summed E-state index contributed by atoms with van der Waals surface area (Å²) < 4.78 is 4.01. The van der Waals surface area contributed by atoms with Crippen molar-refractivity contribution in [3.05, 3.63) is 16.6 Å². The number of aromatic nitrogens is 2. The lowest BCUT2D eigenvalue weighted by Gasteiger charge is -1.86. The van der Waals surface area contributed by atoms with Crippen LogP contribution in [0.1, 0.15) is 0 Å². The van der Waals surface area contributed by atoms with Gasteiger partial charge in [0.05, 0.1) is 0 Å². The van der Waals surface area contributed by atoms with Crippen molar-refractivity contribution >= 4 is 5.82 Å². The maximum absolute atomic E-state index is 10.4. The van der Waals surface area contributed by atoms with Crippen molar-refractivity contribution in [1.82, 2.24) is 5.16 Å². The molecule has 1 rings (SSSR count). The van der Waals surface area contributed by atoms with Gasteiger partial charge in [-0.2, -0.15) is 0 Å². The normalized spacial score (nSPS) is 11.5. The summed E-state index contributed by atoms with van der Waals surface area (Å²) in [6, 6.07) is 0. The highest BCUT2D eigenvalue weighted by molar-refractivity contribution is 5.08. The van der Waals surface area contributed by atoms with Crippen LogP contribution in [0.3, 0.4) is 0 Å². The number of rotatable bonds is 2. The molecule has 60 valence electrons. The molecule has 0 spiro atoms. The fourth-order valence-electron chi connectivity index (χ4n) is 0.389. The maximum Gasteiger partial charge on any atom is 0.411 e. The Kier molecular flexibility index (Phi) is 1.86. The van der Waals surface area contributed by atoms with Crippen LogP contribution in [0.4, 0.5) is 5.82 Å². The van der Waals surface area contributed by atoms with Gasteiger partial charge in [-0.1, -0.05) is 4.90 Å². The molecule has 0 unspecified atom stereocenters. The Morgan fingerprint density at radius 2 is 2.64 bits per heavy atom. The van der Waals surface area contributed by atoms with Gasteiger partial charge in [-0.15, -0.1) is 0 Å². The minimum Gasteiger partial charge on any atom is -0.390 e. The van der Waals surface area contributed by atoms with E-state index in [0.717, 1.165) is 13.3 Å². The van der Waals surface area contributed by atoms with E-state index in [0.29, 0.717) is 0 Å². The molecule has 8 nitrogen and oxygen atoms in total. The van der Waals surface area contributed by atoms with Crippen LogP contribution in [-0.4, -0.2) is 17.3 Å². The summed E-state index contributed by atoms with van der Waals surface area (Å²) in [7, 11) is 1.11. The topological polar surface area (TPSA) is 101 Å². The van der Waals surface area contributed by atoms with Crippen LogP contribution in [0.25, 0.3) is 0 Å². The van der Waals surface area contributed by atoms with Crippen molar-refractivity contribution < 1.29 is 19.4 Å². The number of hydrogen-bond acceptors (Lipinski definition) is 6. The third kappa shape index (κ3) is 1.53. The summed E-state index contributed by atoms with van der Waals surface area (Å²) in [5.74, 6) is -0.276. The molecule has 0 radical (unpaired) electrons. The van der Waals surface area contributed by atoms with E-state index in [4.69, 9.17) is 0 Å². The van der Waals surface area contributed by atoms with Gasteiger partial charge in [0.25, 0.3) is 0 Å². The first-order valence-corrected chi connectivity index (χ1v) is 2.52. The molecule has 0 aromatic carbocycles. The average molecular weight is 160 g/mol. The number of nitrogens with zero attached hydrogens (tertiary/aromatic N) is 4. The predicted octanol–water partition coefficient (Wildman–Crippen LogP) is -0.537. The van der Waals surface area contributed by atoms with Gasteiger partial charge in [-0.05, 0) is 5.16 Å². The van der Waals surface area contributed by atoms with Crippen molar-refractivity contribution in [2.45, 2.75) is 0 Å². The molecule has 0 aliphatic carbocycles. The van der Waals surface area contributed by atoms with Crippen LogP contribution in [0.2, 0.25) is 0 Å². The standard InChI is InChI=1S/C3H4N4O4/c1-10-7(9)5-3-2-4-11-6(3)8/h2H,1H3. The van der Waals surface area contributed by atoms with Gasteiger partial charge < -0.3 is 14.7 Å². The van der Waals surface area contributed by atoms with E-state index in [1.54, 1.807) is 0 Å². The molecule has 0 aliphatic heterocycles. The van der Waals surface area contributed by atoms with Crippen LogP contribution in [0, 0.1) is 10.4 Å². The molecular formula is C3H4N4O4. The molecular weight excluding hydrogens is 156 g/mol. The highest BCUT2D eigenvalue weighted by Crippen LogP contribution is 2.00. The van der Waals surface area contributed by atoms with E-state index < -0.39 is 0 Å². The van der Waals surface area contributed by atoms with E-state index in [2.05, 4.69) is 19.7 Å². The second-order valence-electron chi connectivity index (χ2n) is 1.45. The van der Waals surface area contributed by atoms with Gasteiger partial charge in [0, 0.05) is 7.11 Å². The lowest BCUT2D eigenvalue weighted by molar-refractivity contribution is -0.813. The summed E-state index contributed by atoms with van der Waals surface area (Å²) in [5, 5.41) is 26.8. The van der Waals surface area contributed by atoms with Gasteiger partial charge >= 0.3 is 5.82 Å². The van der Waals surface area contributed by atoms with E-state index in [-0.39, 0.29) is 15.7 Å². The van der Waals surface area contributed by atoms with Crippen LogP contribution in [0.15, 0.2) is 15.9 Å². The molecule has 1 aromatic rings. The Morgan fingerprint density at radius 1 is 1.91 bits per heavy atom. The van der Waals surface area contributed by atoms with E-state index in [1.807, 2.05) is 0 Å². The molecule has 0 amide bonds. The molecule has 8 heteroatoms. The van der Waals surface area contributed by atoms with Crippen LogP contribution in [0.5, 0.6) is 0 Å². The van der Waals surface area contributed by atoms with Gasteiger partial charge in [0.1, 0.15) is 0 Å². The van der Waals surface area contributed by atoms with E-state index in [1.165, 1.54) is 0 Å². The fourth-order valence-corrected chi connectivity index (χ4v) is 0.389. The van der Waals surface area contributed by atoms with E-state index in [9.17, 15) is 10.4 Å². The van der Waals surface area contributed by atoms with Crippen molar-refractivity contribution in [1.29, 1.82) is 0 Å². The monoisotopic (exact) mass is 160 g/mol. The van der Waals surface area contributed by atoms with Crippen LogP contribution < -0.4 is 4.90 Å². The van der Waals surface area contributed by atoms with Crippen LogP contribution >= 0.6 is 0 Å². The zero-order chi connectivity index (χ0) is 8.27. The minimum absolute atomic E-state index is 0.0239. The second kappa shape index (κ2) is 2.82. The van der Waals surface area contributed by atoms with Crippen molar-refractivity contribution in [2.75, 3.05) is 7.11 Å². The van der Waals surface area contributed by atoms with Crippen molar-refractivity contribution in [3.63, 3.8) is 0 Å². The molecule has 11 heavy (non-hydrogen) atoms. The Bertz CT molecular complexity index is 268. The molecule has 0 fully saturated rings. The lowest BCUT2D eigenvalue weighted by atomic mass is 10.8. The first kappa shape index (κ1) is 7.25. The molecule has 0 saturated heterocycles. The Balaban J connectivity index is 2.86. The summed E-state index contributed by atoms with van der Waals surface area (Å²) >= 11 is 0. The summed E-state index contributed by atoms with van der Waals surface area (Å²) in [6.45, 7) is 0. The minimum atomic E-state index is -0.276. The molecule has 0 aliphatic rings. The summed E-state index contributed by atoms with van der Waals surface area (Å²) in [5.41, 5.74) is 0. The summed E-state index contributed by atoms with van der Waals surface area (Å²) in [6.07, 6.45) is 0.983. The first-order valence-electron chi connectivity index (χ1n) is 2.52. The highest BCUT2D eigenvalue weighted by atomic mass is 16.9. The number of hydrogen-bond donors (Lipinski definition) is 0. The lowest BCUT2D eigenvalue weighted by Crippen LogP contribution is -2.22. The molecule has 1 aromatic heterocycles. The van der Waals surface area contributed by atoms with Crippen LogP contribution in [-0.2, 0) is 4.84 Å². The van der Waals surface area contributed by atoms with Gasteiger partial charge in [0.15, 0.2) is 0 Å². The average Bonchev–Trinajstić information content (AvgIpc) is 2.37. The Morgan fingerprint density at radius 3 is 3.09 bits per heavy atom. The summed E-state index contributed by atoms with van der Waals surface area (Å²) in [4.78, 5) is 4.04. The van der Waals surface area contributed by atoms with Crippen molar-refractivity contribution in [3.8, 4) is 0 Å². The quantitative estimate of drug-likeness (QED) is 0.328. The maximum atomic E-state index is 10.4. The molecule has 0 N–H and O–H groups in total.